The number of nitrogens with zero attached hydrogens (tertiary/aromatic N) is 1. The van der Waals surface area contributed by atoms with Crippen LogP contribution in [0.25, 0.3) is 0 Å². The van der Waals surface area contributed by atoms with Gasteiger partial charge in [0.1, 0.15) is 12.4 Å². The molecule has 2 heterocycles. The molecular formula is C19H17NO3. The molecule has 0 atom stereocenters. The fraction of sp³-hybridized carbons (Fsp3) is 0.263. The van der Waals surface area contributed by atoms with E-state index in [1.54, 1.807) is 4.90 Å². The number of fused-ring (bicyclic) bond motifs is 3. The third-order valence-corrected chi connectivity index (χ3v) is 4.45. The number of hydrogen-bond acceptors (Lipinski definition) is 3. The molecule has 4 heteroatoms. The minimum Gasteiger partial charge on any atom is -0.488 e. The quantitative estimate of drug-likeness (QED) is 0.856. The van der Waals surface area contributed by atoms with Gasteiger partial charge in [0.05, 0.1) is 12.0 Å². The predicted molar refractivity (Wildman–Crippen MR) is 87.0 cm³/mol. The van der Waals surface area contributed by atoms with Crippen molar-refractivity contribution >= 4 is 17.4 Å². The molecule has 0 fully saturated rings. The van der Waals surface area contributed by atoms with Crippen LogP contribution in [0.5, 0.6) is 5.75 Å². The zero-order valence-corrected chi connectivity index (χ0v) is 13.0. The maximum Gasteiger partial charge on any atom is 0.231 e. The van der Waals surface area contributed by atoms with Gasteiger partial charge in [-0.3, -0.25) is 9.59 Å². The molecule has 0 radical (unpaired) electrons. The highest BCUT2D eigenvalue weighted by Crippen LogP contribution is 2.38. The molecular weight excluding hydrogens is 290 g/mol. The summed E-state index contributed by atoms with van der Waals surface area (Å²) in [5.41, 5.74) is 3.92. The molecule has 4 rings (SSSR count). The summed E-state index contributed by atoms with van der Waals surface area (Å²) in [4.78, 5) is 26.9. The number of benzene rings is 2. The van der Waals surface area contributed by atoms with Crippen LogP contribution < -0.4 is 9.64 Å². The highest BCUT2D eigenvalue weighted by molar-refractivity contribution is 6.13. The van der Waals surface area contributed by atoms with E-state index >= 15 is 0 Å². The molecule has 23 heavy (non-hydrogen) atoms. The summed E-state index contributed by atoms with van der Waals surface area (Å²) in [5.74, 6) is 0.637. The second kappa shape index (κ2) is 5.23. The van der Waals surface area contributed by atoms with Gasteiger partial charge in [-0.15, -0.1) is 0 Å². The van der Waals surface area contributed by atoms with Gasteiger partial charge in [0, 0.05) is 23.4 Å². The van der Waals surface area contributed by atoms with Gasteiger partial charge >= 0.3 is 0 Å². The summed E-state index contributed by atoms with van der Waals surface area (Å²) < 4.78 is 5.85. The zero-order valence-electron chi connectivity index (χ0n) is 13.0. The Hall–Kier alpha value is -2.62. The van der Waals surface area contributed by atoms with Gasteiger partial charge in [0.2, 0.25) is 5.91 Å². The number of carbonyl (C=O) groups is 2. The lowest BCUT2D eigenvalue weighted by Crippen LogP contribution is -2.27. The van der Waals surface area contributed by atoms with Crippen LogP contribution in [0.15, 0.2) is 36.4 Å². The fourth-order valence-corrected chi connectivity index (χ4v) is 3.33. The fourth-order valence-electron chi connectivity index (χ4n) is 3.33. The Morgan fingerprint density at radius 3 is 2.74 bits per heavy atom. The maximum atomic E-state index is 12.9. The smallest absolute Gasteiger partial charge is 0.231 e. The average molecular weight is 307 g/mol. The second-order valence-electron chi connectivity index (χ2n) is 5.97. The highest BCUT2D eigenvalue weighted by atomic mass is 16.5. The van der Waals surface area contributed by atoms with Crippen LogP contribution in [0, 0.1) is 0 Å². The van der Waals surface area contributed by atoms with Crippen molar-refractivity contribution in [1.29, 1.82) is 0 Å². The molecule has 0 aliphatic carbocycles. The average Bonchev–Trinajstić information content (AvgIpc) is 2.79. The minimum atomic E-state index is -0.0355. The van der Waals surface area contributed by atoms with Gasteiger partial charge in [-0.25, -0.2) is 0 Å². The molecule has 0 unspecified atom stereocenters. The van der Waals surface area contributed by atoms with E-state index < -0.39 is 0 Å². The number of rotatable bonds is 2. The van der Waals surface area contributed by atoms with Crippen molar-refractivity contribution in [2.24, 2.45) is 0 Å². The van der Waals surface area contributed by atoms with E-state index in [-0.39, 0.29) is 11.7 Å². The van der Waals surface area contributed by atoms with Crippen LogP contribution in [-0.2, 0) is 17.8 Å². The first kappa shape index (κ1) is 14.0. The zero-order chi connectivity index (χ0) is 16.0. The van der Waals surface area contributed by atoms with Crippen molar-refractivity contribution in [2.75, 3.05) is 11.4 Å². The van der Waals surface area contributed by atoms with E-state index in [0.29, 0.717) is 36.4 Å². The molecule has 2 aliphatic rings. The van der Waals surface area contributed by atoms with Crippen LogP contribution in [0.4, 0.5) is 5.69 Å². The minimum absolute atomic E-state index is 0.0355. The first-order valence-electron chi connectivity index (χ1n) is 7.91. The normalized spacial score (nSPS) is 15.6. The van der Waals surface area contributed by atoms with Gasteiger partial charge in [-0.1, -0.05) is 31.2 Å². The summed E-state index contributed by atoms with van der Waals surface area (Å²) in [6, 6.07) is 11.2. The lowest BCUT2D eigenvalue weighted by atomic mass is 9.97. The van der Waals surface area contributed by atoms with E-state index in [0.717, 1.165) is 23.2 Å². The van der Waals surface area contributed by atoms with Crippen molar-refractivity contribution in [3.8, 4) is 5.75 Å². The van der Waals surface area contributed by atoms with Gasteiger partial charge in [0.25, 0.3) is 0 Å². The predicted octanol–water partition coefficient (Wildman–Crippen LogP) is 3.11. The van der Waals surface area contributed by atoms with Crippen molar-refractivity contribution in [2.45, 2.75) is 26.4 Å². The Morgan fingerprint density at radius 1 is 1.09 bits per heavy atom. The summed E-state index contributed by atoms with van der Waals surface area (Å²) in [7, 11) is 0. The molecule has 2 aliphatic heterocycles. The monoisotopic (exact) mass is 307 g/mol. The number of amides is 1. The molecule has 2 aromatic rings. The summed E-state index contributed by atoms with van der Waals surface area (Å²) in [6.07, 6.45) is 1.27. The third kappa shape index (κ3) is 2.13. The number of anilines is 1. The van der Waals surface area contributed by atoms with Crippen molar-refractivity contribution in [3.63, 3.8) is 0 Å². The summed E-state index contributed by atoms with van der Waals surface area (Å²) in [6.45, 7) is 3.09. The van der Waals surface area contributed by atoms with E-state index in [1.807, 2.05) is 43.3 Å². The molecule has 0 saturated heterocycles. The van der Waals surface area contributed by atoms with Crippen molar-refractivity contribution in [1.82, 2.24) is 0 Å². The van der Waals surface area contributed by atoms with E-state index in [4.69, 9.17) is 4.74 Å². The van der Waals surface area contributed by atoms with Crippen LogP contribution in [0.3, 0.4) is 0 Å². The first-order chi connectivity index (χ1) is 11.2. The third-order valence-electron chi connectivity index (χ3n) is 4.45. The van der Waals surface area contributed by atoms with Gasteiger partial charge in [-0.2, -0.15) is 0 Å². The molecule has 0 saturated carbocycles. The van der Waals surface area contributed by atoms with E-state index in [1.165, 1.54) is 0 Å². The largest absolute Gasteiger partial charge is 0.488 e. The Morgan fingerprint density at radius 2 is 1.91 bits per heavy atom. The lowest BCUT2D eigenvalue weighted by molar-refractivity contribution is -0.117. The molecule has 0 N–H and O–H groups in total. The molecule has 0 bridgehead atoms. The Balaban J connectivity index is 1.85. The molecule has 4 nitrogen and oxygen atoms in total. The van der Waals surface area contributed by atoms with Crippen molar-refractivity contribution < 1.29 is 14.3 Å². The first-order valence-corrected chi connectivity index (χ1v) is 7.91. The molecule has 116 valence electrons. The van der Waals surface area contributed by atoms with Gasteiger partial charge < -0.3 is 9.64 Å². The molecule has 2 aromatic carbocycles. The van der Waals surface area contributed by atoms with Crippen LogP contribution in [0.1, 0.15) is 40.4 Å². The van der Waals surface area contributed by atoms with Gasteiger partial charge in [-0.05, 0) is 24.1 Å². The Kier molecular flexibility index (Phi) is 3.18. The topological polar surface area (TPSA) is 46.6 Å². The lowest BCUT2D eigenvalue weighted by Gasteiger charge is -2.17. The van der Waals surface area contributed by atoms with Gasteiger partial charge in [0.15, 0.2) is 5.78 Å². The number of ether oxygens (including phenoxy) is 1. The van der Waals surface area contributed by atoms with Crippen molar-refractivity contribution in [3.05, 3.63) is 58.7 Å². The highest BCUT2D eigenvalue weighted by Gasteiger charge is 2.31. The molecule has 0 aromatic heterocycles. The number of carbonyl (C=O) groups excluding carboxylic acids is 2. The number of ketones is 1. The Labute approximate surface area is 134 Å². The molecule has 1 amide bonds. The van der Waals surface area contributed by atoms with Crippen LogP contribution in [-0.4, -0.2) is 18.2 Å². The SMILES string of the molecule is CCCN1C(=O)Cc2cc3c(cc21)C(=O)c1ccccc1CO3. The van der Waals surface area contributed by atoms with E-state index in [2.05, 4.69) is 0 Å². The van der Waals surface area contributed by atoms with E-state index in [9.17, 15) is 9.59 Å². The summed E-state index contributed by atoms with van der Waals surface area (Å²) >= 11 is 0. The second-order valence-corrected chi connectivity index (χ2v) is 5.97. The van der Waals surface area contributed by atoms with Crippen LogP contribution in [0.2, 0.25) is 0 Å². The maximum absolute atomic E-state index is 12.9. The summed E-state index contributed by atoms with van der Waals surface area (Å²) in [5, 5.41) is 0. The molecule has 0 spiro atoms. The Bertz CT molecular complexity index is 825. The standard InChI is InChI=1S/C19H17NO3/c1-2-7-20-16-10-15-17(8-13(16)9-18(20)21)23-11-12-5-3-4-6-14(12)19(15)22/h3-6,8,10H,2,7,9,11H2,1H3. The number of hydrogen-bond donors (Lipinski definition) is 0. The van der Waals surface area contributed by atoms with Crippen LogP contribution >= 0.6 is 0 Å².